The molecular formula is C28H22O9. The predicted molar refractivity (Wildman–Crippen MR) is 131 cm³/mol. The number of esters is 1. The molecule has 0 aliphatic carbocycles. The van der Waals surface area contributed by atoms with E-state index in [1.54, 1.807) is 42.5 Å². The second kappa shape index (κ2) is 9.34. The van der Waals surface area contributed by atoms with E-state index in [0.29, 0.717) is 51.0 Å². The molecule has 0 spiro atoms. The van der Waals surface area contributed by atoms with Crippen molar-refractivity contribution in [2.75, 3.05) is 21.3 Å². The van der Waals surface area contributed by atoms with Crippen LogP contribution in [0.1, 0.15) is 49.7 Å². The molecule has 2 aliphatic rings. The summed E-state index contributed by atoms with van der Waals surface area (Å²) in [7, 11) is 4.52. The van der Waals surface area contributed by atoms with Crippen molar-refractivity contribution < 1.29 is 43.2 Å². The first kappa shape index (κ1) is 23.9. The summed E-state index contributed by atoms with van der Waals surface area (Å²) in [5, 5.41) is 9.23. The molecule has 0 aromatic heterocycles. The number of methoxy groups -OCH3 is 3. The van der Waals surface area contributed by atoms with Crippen molar-refractivity contribution >= 4 is 23.8 Å². The van der Waals surface area contributed by atoms with E-state index in [-0.39, 0.29) is 23.5 Å². The molecule has 3 aromatic rings. The number of carboxylic acid groups (broad SMARTS) is 1. The summed E-state index contributed by atoms with van der Waals surface area (Å²) in [4.78, 5) is 37.0. The molecule has 3 aromatic carbocycles. The lowest BCUT2D eigenvalue weighted by atomic mass is 9.84. The van der Waals surface area contributed by atoms with Gasteiger partial charge >= 0.3 is 11.9 Å². The quantitative estimate of drug-likeness (QED) is 0.296. The lowest BCUT2D eigenvalue weighted by Crippen LogP contribution is -2.21. The number of carbonyl (C=O) groups excluding carboxylic acids is 2. The lowest BCUT2D eigenvalue weighted by Gasteiger charge is -2.26. The fraction of sp³-hybridized carbons (Fsp3) is 0.179. The highest BCUT2D eigenvalue weighted by atomic mass is 16.5. The maximum absolute atomic E-state index is 13.3. The summed E-state index contributed by atoms with van der Waals surface area (Å²) in [6.07, 6.45) is 1.57. The van der Waals surface area contributed by atoms with Gasteiger partial charge in [-0.3, -0.25) is 9.59 Å². The summed E-state index contributed by atoms with van der Waals surface area (Å²) in [6, 6.07) is 12.7. The third kappa shape index (κ3) is 4.14. The smallest absolute Gasteiger partial charge is 0.335 e. The first-order valence-corrected chi connectivity index (χ1v) is 11.3. The van der Waals surface area contributed by atoms with E-state index in [1.165, 1.54) is 33.5 Å². The lowest BCUT2D eigenvalue weighted by molar-refractivity contribution is -0.135. The molecular weight excluding hydrogens is 480 g/mol. The molecule has 5 rings (SSSR count). The van der Waals surface area contributed by atoms with E-state index in [0.717, 1.165) is 0 Å². The van der Waals surface area contributed by atoms with E-state index < -0.39 is 17.9 Å². The minimum atomic E-state index is -1.05. The zero-order chi connectivity index (χ0) is 26.3. The van der Waals surface area contributed by atoms with E-state index in [4.69, 9.17) is 23.7 Å². The SMILES string of the molecule is COc1cc(OC)c(OC)cc1/C=C1/Oc2c(ccc3c2C(c2ccc(C(=O)O)cc2)CC(=O)O3)C1=O. The molecule has 37 heavy (non-hydrogen) atoms. The highest BCUT2D eigenvalue weighted by Gasteiger charge is 2.38. The molecule has 0 fully saturated rings. The molecule has 1 unspecified atom stereocenters. The number of carbonyl (C=O) groups is 3. The first-order valence-electron chi connectivity index (χ1n) is 11.3. The van der Waals surface area contributed by atoms with Crippen molar-refractivity contribution in [3.8, 4) is 28.7 Å². The van der Waals surface area contributed by atoms with Crippen LogP contribution in [0.3, 0.4) is 0 Å². The number of ether oxygens (including phenoxy) is 5. The highest BCUT2D eigenvalue weighted by Crippen LogP contribution is 2.49. The molecule has 9 nitrogen and oxygen atoms in total. The van der Waals surface area contributed by atoms with Crippen LogP contribution in [0, 0.1) is 0 Å². The van der Waals surface area contributed by atoms with Crippen molar-refractivity contribution in [3.05, 3.63) is 82.1 Å². The van der Waals surface area contributed by atoms with E-state index in [9.17, 15) is 19.5 Å². The van der Waals surface area contributed by atoms with Crippen molar-refractivity contribution in [1.82, 2.24) is 0 Å². The molecule has 0 bridgehead atoms. The van der Waals surface area contributed by atoms with Crippen molar-refractivity contribution in [1.29, 1.82) is 0 Å². The Morgan fingerprint density at radius 1 is 0.919 bits per heavy atom. The number of rotatable bonds is 6. The van der Waals surface area contributed by atoms with Crippen LogP contribution in [-0.2, 0) is 4.79 Å². The minimum absolute atomic E-state index is 0.00989. The third-order valence-electron chi connectivity index (χ3n) is 6.36. The maximum atomic E-state index is 13.3. The molecule has 2 heterocycles. The summed E-state index contributed by atoms with van der Waals surface area (Å²) in [5.41, 5.74) is 2.25. The Hall–Kier alpha value is -4.79. The molecule has 0 saturated carbocycles. The third-order valence-corrected chi connectivity index (χ3v) is 6.36. The molecule has 2 aliphatic heterocycles. The van der Waals surface area contributed by atoms with Gasteiger partial charge in [-0.2, -0.15) is 0 Å². The average molecular weight is 502 g/mol. The zero-order valence-electron chi connectivity index (χ0n) is 20.2. The fourth-order valence-electron chi connectivity index (χ4n) is 4.56. The number of carboxylic acids is 1. The molecule has 1 N–H and O–H groups in total. The Kier molecular flexibility index (Phi) is 6.04. The van der Waals surface area contributed by atoms with Crippen molar-refractivity contribution in [3.63, 3.8) is 0 Å². The summed E-state index contributed by atoms with van der Waals surface area (Å²) in [6.45, 7) is 0. The van der Waals surface area contributed by atoms with Gasteiger partial charge in [0.25, 0.3) is 0 Å². The largest absolute Gasteiger partial charge is 0.496 e. The maximum Gasteiger partial charge on any atom is 0.335 e. The monoisotopic (exact) mass is 502 g/mol. The Labute approximate surface area is 211 Å². The number of allylic oxidation sites excluding steroid dienone is 1. The highest BCUT2D eigenvalue weighted by molar-refractivity contribution is 6.15. The van der Waals surface area contributed by atoms with Crippen molar-refractivity contribution in [2.45, 2.75) is 12.3 Å². The van der Waals surface area contributed by atoms with E-state index >= 15 is 0 Å². The van der Waals surface area contributed by atoms with Crippen molar-refractivity contribution in [2.24, 2.45) is 0 Å². The van der Waals surface area contributed by atoms with Crippen LogP contribution in [0.15, 0.2) is 54.3 Å². The number of hydrogen-bond donors (Lipinski definition) is 1. The van der Waals surface area contributed by atoms with Gasteiger partial charge in [0, 0.05) is 23.1 Å². The van der Waals surface area contributed by atoms with Crippen LogP contribution in [0.4, 0.5) is 0 Å². The minimum Gasteiger partial charge on any atom is -0.496 e. The van der Waals surface area contributed by atoms with Gasteiger partial charge in [-0.1, -0.05) is 12.1 Å². The topological polar surface area (TPSA) is 118 Å². The molecule has 0 amide bonds. The second-order valence-electron chi connectivity index (χ2n) is 8.40. The average Bonchev–Trinajstić information content (AvgIpc) is 3.22. The number of ketones is 1. The van der Waals surface area contributed by atoms with Gasteiger partial charge in [0.2, 0.25) is 5.78 Å². The number of benzene rings is 3. The normalized spacial score (nSPS) is 16.9. The van der Waals surface area contributed by atoms with Crippen LogP contribution in [-0.4, -0.2) is 44.2 Å². The van der Waals surface area contributed by atoms with Gasteiger partial charge in [0.15, 0.2) is 17.3 Å². The molecule has 0 radical (unpaired) electrons. The van der Waals surface area contributed by atoms with Gasteiger partial charge in [-0.15, -0.1) is 0 Å². The van der Waals surface area contributed by atoms with Gasteiger partial charge in [0.05, 0.1) is 38.9 Å². The standard InChI is InChI=1S/C28H22O9/c1-33-20-13-22(35-3)21(34-2)10-16(20)11-23-26(30)17-8-9-19-25(27(17)37-23)18(12-24(29)36-19)14-4-6-15(7-5-14)28(31)32/h4-11,13,18H,12H2,1-3H3,(H,31,32)/b23-11+. The fourth-order valence-corrected chi connectivity index (χ4v) is 4.56. The van der Waals surface area contributed by atoms with Crippen LogP contribution in [0.2, 0.25) is 0 Å². The number of Topliss-reactive ketones (excluding diaryl/α,β-unsaturated/α-hetero) is 1. The van der Waals surface area contributed by atoms with E-state index in [1.807, 2.05) is 0 Å². The zero-order valence-corrected chi connectivity index (χ0v) is 20.2. The Balaban J connectivity index is 1.59. The Bertz CT molecular complexity index is 1470. The summed E-state index contributed by atoms with van der Waals surface area (Å²) < 4.78 is 27.7. The molecule has 0 saturated heterocycles. The van der Waals surface area contributed by atoms with Gasteiger partial charge in [-0.25, -0.2) is 4.79 Å². The molecule has 9 heteroatoms. The molecule has 1 atom stereocenters. The van der Waals surface area contributed by atoms with Crippen LogP contribution in [0.5, 0.6) is 28.7 Å². The number of aromatic carboxylic acids is 1. The van der Waals surface area contributed by atoms with Crippen LogP contribution >= 0.6 is 0 Å². The summed E-state index contributed by atoms with van der Waals surface area (Å²) in [5.74, 6) is -0.296. The van der Waals surface area contributed by atoms with Gasteiger partial charge in [-0.05, 0) is 42.0 Å². The van der Waals surface area contributed by atoms with Crippen LogP contribution < -0.4 is 23.7 Å². The first-order chi connectivity index (χ1) is 17.8. The van der Waals surface area contributed by atoms with Crippen LogP contribution in [0.25, 0.3) is 6.08 Å². The summed E-state index contributed by atoms with van der Waals surface area (Å²) >= 11 is 0. The Morgan fingerprint density at radius 2 is 1.59 bits per heavy atom. The number of hydrogen-bond acceptors (Lipinski definition) is 8. The van der Waals surface area contributed by atoms with E-state index in [2.05, 4.69) is 0 Å². The van der Waals surface area contributed by atoms with Gasteiger partial charge in [0.1, 0.15) is 17.2 Å². The predicted octanol–water partition coefficient (Wildman–Crippen LogP) is 4.47. The second-order valence-corrected chi connectivity index (χ2v) is 8.40. The Morgan fingerprint density at radius 3 is 2.24 bits per heavy atom. The van der Waals surface area contributed by atoms with Gasteiger partial charge < -0.3 is 28.8 Å². The number of fused-ring (bicyclic) bond motifs is 3. The molecule has 188 valence electrons.